The SMILES string of the molecule is COCCC(C)CCOC(=O)CCCC(=O)OCc1ccc2ccccc2c1. The van der Waals surface area contributed by atoms with Gasteiger partial charge in [-0.15, -0.1) is 0 Å². The van der Waals surface area contributed by atoms with Crippen LogP contribution >= 0.6 is 0 Å². The summed E-state index contributed by atoms with van der Waals surface area (Å²) in [6.07, 6.45) is 2.67. The predicted octanol–water partition coefficient (Wildman–Crippen LogP) is 4.66. The third kappa shape index (κ3) is 8.09. The number of ether oxygens (including phenoxy) is 3. The molecule has 1 atom stereocenters. The molecule has 2 aromatic carbocycles. The van der Waals surface area contributed by atoms with Gasteiger partial charge in [-0.3, -0.25) is 9.59 Å². The number of carbonyl (C=O) groups excluding carboxylic acids is 2. The van der Waals surface area contributed by atoms with Crippen molar-refractivity contribution in [3.05, 3.63) is 48.0 Å². The van der Waals surface area contributed by atoms with E-state index in [1.54, 1.807) is 7.11 Å². The van der Waals surface area contributed by atoms with E-state index in [9.17, 15) is 9.59 Å². The number of methoxy groups -OCH3 is 1. The van der Waals surface area contributed by atoms with E-state index in [4.69, 9.17) is 14.2 Å². The van der Waals surface area contributed by atoms with Crippen LogP contribution in [0.25, 0.3) is 10.8 Å². The largest absolute Gasteiger partial charge is 0.466 e. The second-order valence-electron chi connectivity index (χ2n) is 7.09. The Balaban J connectivity index is 1.58. The number of fused-ring (bicyclic) bond motifs is 1. The fraction of sp³-hybridized carbons (Fsp3) is 0.478. The molecule has 0 saturated carbocycles. The van der Waals surface area contributed by atoms with Crippen molar-refractivity contribution >= 4 is 22.7 Å². The molecule has 0 aromatic heterocycles. The van der Waals surface area contributed by atoms with Crippen LogP contribution < -0.4 is 0 Å². The lowest BCUT2D eigenvalue weighted by Crippen LogP contribution is -2.11. The summed E-state index contributed by atoms with van der Waals surface area (Å²) >= 11 is 0. The summed E-state index contributed by atoms with van der Waals surface area (Å²) < 4.78 is 15.5. The van der Waals surface area contributed by atoms with Gasteiger partial charge in [0.2, 0.25) is 0 Å². The Labute approximate surface area is 167 Å². The lowest BCUT2D eigenvalue weighted by atomic mass is 10.1. The molecule has 28 heavy (non-hydrogen) atoms. The van der Waals surface area contributed by atoms with Crippen molar-refractivity contribution in [1.82, 2.24) is 0 Å². The van der Waals surface area contributed by atoms with Crippen LogP contribution in [0, 0.1) is 5.92 Å². The molecule has 2 aromatic rings. The van der Waals surface area contributed by atoms with Crippen LogP contribution in [0.1, 0.15) is 44.6 Å². The topological polar surface area (TPSA) is 61.8 Å². The molecule has 0 fully saturated rings. The molecule has 0 aliphatic heterocycles. The molecule has 1 unspecified atom stereocenters. The predicted molar refractivity (Wildman–Crippen MR) is 109 cm³/mol. The second-order valence-corrected chi connectivity index (χ2v) is 7.09. The van der Waals surface area contributed by atoms with Crippen molar-refractivity contribution in [2.24, 2.45) is 5.92 Å². The number of carbonyl (C=O) groups is 2. The van der Waals surface area contributed by atoms with E-state index in [1.807, 2.05) is 42.5 Å². The Morgan fingerprint density at radius 2 is 1.57 bits per heavy atom. The summed E-state index contributed by atoms with van der Waals surface area (Å²) in [4.78, 5) is 23.6. The van der Waals surface area contributed by atoms with Gasteiger partial charge in [-0.25, -0.2) is 0 Å². The Morgan fingerprint density at radius 1 is 0.893 bits per heavy atom. The molecule has 0 heterocycles. The van der Waals surface area contributed by atoms with E-state index in [0.717, 1.165) is 35.8 Å². The Kier molecular flexibility index (Phi) is 9.49. The van der Waals surface area contributed by atoms with Gasteiger partial charge in [0.25, 0.3) is 0 Å². The van der Waals surface area contributed by atoms with E-state index in [2.05, 4.69) is 6.92 Å². The maximum Gasteiger partial charge on any atom is 0.306 e. The van der Waals surface area contributed by atoms with Crippen LogP contribution in [0.4, 0.5) is 0 Å². The first-order valence-corrected chi connectivity index (χ1v) is 9.86. The summed E-state index contributed by atoms with van der Waals surface area (Å²) in [5.41, 5.74) is 0.953. The van der Waals surface area contributed by atoms with Crippen molar-refractivity contribution in [2.45, 2.75) is 45.6 Å². The van der Waals surface area contributed by atoms with Gasteiger partial charge < -0.3 is 14.2 Å². The minimum absolute atomic E-state index is 0.215. The zero-order chi connectivity index (χ0) is 20.2. The second kappa shape index (κ2) is 12.1. The first kappa shape index (κ1) is 21.9. The molecule has 5 heteroatoms. The van der Waals surface area contributed by atoms with Crippen molar-refractivity contribution in [3.63, 3.8) is 0 Å². The van der Waals surface area contributed by atoms with Crippen LogP contribution in [-0.2, 0) is 30.4 Å². The average Bonchev–Trinajstić information content (AvgIpc) is 2.70. The zero-order valence-corrected chi connectivity index (χ0v) is 16.8. The Bertz CT molecular complexity index is 755. The normalized spacial score (nSPS) is 11.9. The fourth-order valence-electron chi connectivity index (χ4n) is 2.85. The molecule has 2 rings (SSSR count). The van der Waals surface area contributed by atoms with Crippen LogP contribution in [0.3, 0.4) is 0 Å². The quantitative estimate of drug-likeness (QED) is 0.497. The van der Waals surface area contributed by atoms with Crippen molar-refractivity contribution < 1.29 is 23.8 Å². The van der Waals surface area contributed by atoms with Gasteiger partial charge in [0.1, 0.15) is 6.61 Å². The number of benzene rings is 2. The molecule has 0 radical (unpaired) electrons. The van der Waals surface area contributed by atoms with Gasteiger partial charge in [0, 0.05) is 26.6 Å². The molecular weight excluding hydrogens is 356 g/mol. The monoisotopic (exact) mass is 386 g/mol. The van der Waals surface area contributed by atoms with Gasteiger partial charge in [0.15, 0.2) is 0 Å². The number of hydrogen-bond acceptors (Lipinski definition) is 5. The van der Waals surface area contributed by atoms with Gasteiger partial charge in [-0.05, 0) is 47.6 Å². The highest BCUT2D eigenvalue weighted by molar-refractivity contribution is 5.83. The van der Waals surface area contributed by atoms with Gasteiger partial charge in [-0.1, -0.05) is 43.3 Å². The molecular formula is C23H30O5. The summed E-state index contributed by atoms with van der Waals surface area (Å²) in [7, 11) is 1.68. The summed E-state index contributed by atoms with van der Waals surface area (Å²) in [5.74, 6) is -0.103. The smallest absolute Gasteiger partial charge is 0.306 e. The fourth-order valence-corrected chi connectivity index (χ4v) is 2.85. The van der Waals surface area contributed by atoms with E-state index in [-0.39, 0.29) is 31.4 Å². The maximum atomic E-state index is 11.9. The minimum atomic E-state index is -0.297. The third-order valence-electron chi connectivity index (χ3n) is 4.66. The van der Waals surface area contributed by atoms with E-state index >= 15 is 0 Å². The highest BCUT2D eigenvalue weighted by atomic mass is 16.5. The molecule has 0 spiro atoms. The van der Waals surface area contributed by atoms with E-state index in [0.29, 0.717) is 18.9 Å². The van der Waals surface area contributed by atoms with E-state index < -0.39 is 0 Å². The molecule has 0 aliphatic rings. The number of esters is 2. The minimum Gasteiger partial charge on any atom is -0.466 e. The number of hydrogen-bond donors (Lipinski definition) is 0. The molecule has 152 valence electrons. The highest BCUT2D eigenvalue weighted by Crippen LogP contribution is 2.16. The molecule has 0 N–H and O–H groups in total. The summed E-state index contributed by atoms with van der Waals surface area (Å²) in [6.45, 7) is 3.48. The number of rotatable bonds is 12. The maximum absolute atomic E-state index is 11.9. The molecule has 0 saturated heterocycles. The molecule has 0 amide bonds. The highest BCUT2D eigenvalue weighted by Gasteiger charge is 2.09. The van der Waals surface area contributed by atoms with Crippen LogP contribution in [0.2, 0.25) is 0 Å². The van der Waals surface area contributed by atoms with Gasteiger partial charge >= 0.3 is 11.9 Å². The Hall–Kier alpha value is -2.40. The van der Waals surface area contributed by atoms with Crippen LogP contribution in [0.5, 0.6) is 0 Å². The Morgan fingerprint density at radius 3 is 2.32 bits per heavy atom. The molecule has 0 bridgehead atoms. The summed E-state index contributed by atoms with van der Waals surface area (Å²) in [6, 6.07) is 14.1. The third-order valence-corrected chi connectivity index (χ3v) is 4.66. The lowest BCUT2D eigenvalue weighted by Gasteiger charge is -2.11. The van der Waals surface area contributed by atoms with Crippen molar-refractivity contribution in [3.8, 4) is 0 Å². The van der Waals surface area contributed by atoms with Crippen molar-refractivity contribution in [2.75, 3.05) is 20.3 Å². The first-order valence-electron chi connectivity index (χ1n) is 9.86. The van der Waals surface area contributed by atoms with Crippen LogP contribution in [-0.4, -0.2) is 32.3 Å². The standard InChI is InChI=1S/C23H30O5/c1-18(12-14-26-2)13-15-27-22(24)8-5-9-23(25)28-17-19-10-11-20-6-3-4-7-21(20)16-19/h3-4,6-7,10-11,16,18H,5,8-9,12-15,17H2,1-2H3. The van der Waals surface area contributed by atoms with Crippen LogP contribution in [0.15, 0.2) is 42.5 Å². The van der Waals surface area contributed by atoms with Gasteiger partial charge in [0.05, 0.1) is 6.61 Å². The van der Waals surface area contributed by atoms with Crippen molar-refractivity contribution in [1.29, 1.82) is 0 Å². The van der Waals surface area contributed by atoms with Gasteiger partial charge in [-0.2, -0.15) is 0 Å². The molecule has 0 aliphatic carbocycles. The van der Waals surface area contributed by atoms with E-state index in [1.165, 1.54) is 0 Å². The zero-order valence-electron chi connectivity index (χ0n) is 16.8. The average molecular weight is 386 g/mol. The molecule has 5 nitrogen and oxygen atoms in total. The lowest BCUT2D eigenvalue weighted by molar-refractivity contribution is -0.146. The summed E-state index contributed by atoms with van der Waals surface area (Å²) in [5, 5.41) is 2.28. The first-order chi connectivity index (χ1) is 13.6.